The van der Waals surface area contributed by atoms with E-state index in [-0.39, 0.29) is 0 Å². The van der Waals surface area contributed by atoms with Crippen LogP contribution in [0, 0.1) is 5.41 Å². The normalized spacial score (nSPS) is 26.8. The Kier molecular flexibility index (Phi) is 5.33. The first-order valence-corrected chi connectivity index (χ1v) is 7.91. The Labute approximate surface area is 108 Å². The summed E-state index contributed by atoms with van der Waals surface area (Å²) in [5.74, 6) is 2.26. The first-order valence-electron chi connectivity index (χ1n) is 6.23. The van der Waals surface area contributed by atoms with Crippen molar-refractivity contribution in [3.05, 3.63) is 0 Å². The van der Waals surface area contributed by atoms with E-state index in [0.717, 1.165) is 37.4 Å². The van der Waals surface area contributed by atoms with Crippen LogP contribution in [0.1, 0.15) is 25.7 Å². The van der Waals surface area contributed by atoms with Crippen molar-refractivity contribution < 1.29 is 9.47 Å². The van der Waals surface area contributed by atoms with Crippen molar-refractivity contribution >= 4 is 24.4 Å². The van der Waals surface area contributed by atoms with Crippen LogP contribution >= 0.6 is 24.4 Å². The van der Waals surface area contributed by atoms with Gasteiger partial charge < -0.3 is 9.47 Å². The fourth-order valence-corrected chi connectivity index (χ4v) is 4.37. The van der Waals surface area contributed by atoms with Gasteiger partial charge in [-0.2, -0.15) is 24.4 Å². The molecule has 0 saturated carbocycles. The smallest absolute Gasteiger partial charge is 0.0476 e. The van der Waals surface area contributed by atoms with E-state index >= 15 is 0 Å². The van der Waals surface area contributed by atoms with Crippen LogP contribution in [0.25, 0.3) is 0 Å². The molecule has 2 nitrogen and oxygen atoms in total. The Morgan fingerprint density at radius 3 is 2.31 bits per heavy atom. The maximum absolute atomic E-state index is 5.46. The first-order chi connectivity index (χ1) is 7.85. The van der Waals surface area contributed by atoms with Crippen LogP contribution in [0.4, 0.5) is 0 Å². The lowest BCUT2D eigenvalue weighted by molar-refractivity contribution is 0.0369. The highest BCUT2D eigenvalue weighted by molar-refractivity contribution is 7.99. The third-order valence-corrected chi connectivity index (χ3v) is 6.08. The average Bonchev–Trinajstić information content (AvgIpc) is 2.39. The molecule has 0 aromatic rings. The predicted molar refractivity (Wildman–Crippen MR) is 72.6 cm³/mol. The molecule has 2 aliphatic rings. The van der Waals surface area contributed by atoms with E-state index in [1.807, 2.05) is 0 Å². The zero-order valence-electron chi connectivity index (χ0n) is 9.82. The summed E-state index contributed by atoms with van der Waals surface area (Å²) in [6.07, 6.45) is 4.83. The van der Waals surface area contributed by atoms with E-state index in [9.17, 15) is 0 Å². The van der Waals surface area contributed by atoms with Crippen molar-refractivity contribution in [3.63, 3.8) is 0 Å². The summed E-state index contributed by atoms with van der Waals surface area (Å²) in [5.41, 5.74) is 0.435. The lowest BCUT2D eigenvalue weighted by Gasteiger charge is -2.37. The summed E-state index contributed by atoms with van der Waals surface area (Å²) < 4.78 is 10.8. The molecule has 0 aromatic heterocycles. The number of thiol groups is 1. The molecule has 4 heteroatoms. The minimum atomic E-state index is 0.435. The standard InChI is InChI=1S/C12H22O2S2/c15-9-12(3-7-14-8-4-12)10-16-11-1-5-13-6-2-11/h11,15H,1-10H2. The predicted octanol–water partition coefficient (Wildman–Crippen LogP) is 2.63. The molecule has 0 spiro atoms. The topological polar surface area (TPSA) is 18.5 Å². The van der Waals surface area contributed by atoms with Crippen LogP contribution < -0.4 is 0 Å². The Bertz CT molecular complexity index is 199. The van der Waals surface area contributed by atoms with Gasteiger partial charge in [0.05, 0.1) is 0 Å². The second kappa shape index (κ2) is 6.53. The van der Waals surface area contributed by atoms with Gasteiger partial charge in [0.2, 0.25) is 0 Å². The molecule has 2 saturated heterocycles. The van der Waals surface area contributed by atoms with E-state index < -0.39 is 0 Å². The largest absolute Gasteiger partial charge is 0.381 e. The van der Waals surface area contributed by atoms with Crippen LogP contribution in [-0.4, -0.2) is 43.2 Å². The van der Waals surface area contributed by atoms with E-state index in [1.165, 1.54) is 31.4 Å². The van der Waals surface area contributed by atoms with Crippen LogP contribution in [0.5, 0.6) is 0 Å². The molecule has 2 aliphatic heterocycles. The molecule has 2 fully saturated rings. The minimum absolute atomic E-state index is 0.435. The maximum atomic E-state index is 5.46. The van der Waals surface area contributed by atoms with Crippen LogP contribution in [0.2, 0.25) is 0 Å². The van der Waals surface area contributed by atoms with Crippen LogP contribution in [0.3, 0.4) is 0 Å². The monoisotopic (exact) mass is 262 g/mol. The summed E-state index contributed by atoms with van der Waals surface area (Å²) in [4.78, 5) is 0. The molecule has 0 amide bonds. The van der Waals surface area contributed by atoms with Crippen molar-refractivity contribution in [2.75, 3.05) is 37.9 Å². The van der Waals surface area contributed by atoms with Gasteiger partial charge in [-0.05, 0) is 36.9 Å². The van der Waals surface area contributed by atoms with E-state index in [0.29, 0.717) is 5.41 Å². The highest BCUT2D eigenvalue weighted by atomic mass is 32.2. The van der Waals surface area contributed by atoms with Crippen molar-refractivity contribution in [1.82, 2.24) is 0 Å². The van der Waals surface area contributed by atoms with Crippen molar-refractivity contribution in [2.24, 2.45) is 5.41 Å². The van der Waals surface area contributed by atoms with E-state index in [1.54, 1.807) is 0 Å². The van der Waals surface area contributed by atoms with Crippen molar-refractivity contribution in [1.29, 1.82) is 0 Å². The number of ether oxygens (including phenoxy) is 2. The van der Waals surface area contributed by atoms with E-state index in [4.69, 9.17) is 9.47 Å². The maximum Gasteiger partial charge on any atom is 0.0476 e. The fraction of sp³-hybridized carbons (Fsp3) is 1.00. The van der Waals surface area contributed by atoms with E-state index in [2.05, 4.69) is 24.4 Å². The molecule has 0 N–H and O–H groups in total. The minimum Gasteiger partial charge on any atom is -0.381 e. The quantitative estimate of drug-likeness (QED) is 0.786. The van der Waals surface area contributed by atoms with Gasteiger partial charge in [0.25, 0.3) is 0 Å². The lowest BCUT2D eigenvalue weighted by Crippen LogP contribution is -2.34. The Hall–Kier alpha value is 0.620. The molecule has 0 radical (unpaired) electrons. The van der Waals surface area contributed by atoms with Crippen molar-refractivity contribution in [3.8, 4) is 0 Å². The molecule has 0 unspecified atom stereocenters. The summed E-state index contributed by atoms with van der Waals surface area (Å²) >= 11 is 6.70. The molecule has 0 aliphatic carbocycles. The van der Waals surface area contributed by atoms with Gasteiger partial charge in [-0.25, -0.2) is 0 Å². The second-order valence-corrected chi connectivity index (χ2v) is 6.50. The third-order valence-electron chi connectivity index (χ3n) is 3.68. The van der Waals surface area contributed by atoms with Gasteiger partial charge in [0.15, 0.2) is 0 Å². The molecular weight excluding hydrogens is 240 g/mol. The molecule has 94 valence electrons. The van der Waals surface area contributed by atoms with Gasteiger partial charge in [0, 0.05) is 37.4 Å². The zero-order chi connectivity index (χ0) is 11.3. The molecule has 0 aromatic carbocycles. The van der Waals surface area contributed by atoms with Gasteiger partial charge in [-0.1, -0.05) is 0 Å². The summed E-state index contributed by atoms with van der Waals surface area (Å²) in [7, 11) is 0. The van der Waals surface area contributed by atoms with Crippen LogP contribution in [-0.2, 0) is 9.47 Å². The van der Waals surface area contributed by atoms with Crippen LogP contribution in [0.15, 0.2) is 0 Å². The fourth-order valence-electron chi connectivity index (χ4n) is 2.29. The Morgan fingerprint density at radius 1 is 1.06 bits per heavy atom. The number of rotatable bonds is 4. The molecule has 16 heavy (non-hydrogen) atoms. The van der Waals surface area contributed by atoms with Crippen molar-refractivity contribution in [2.45, 2.75) is 30.9 Å². The lowest BCUT2D eigenvalue weighted by atomic mass is 9.84. The molecule has 2 heterocycles. The Balaban J connectivity index is 1.77. The van der Waals surface area contributed by atoms with Gasteiger partial charge in [-0.15, -0.1) is 0 Å². The second-order valence-electron chi connectivity index (χ2n) is 4.89. The molecule has 2 rings (SSSR count). The van der Waals surface area contributed by atoms with Gasteiger partial charge >= 0.3 is 0 Å². The Morgan fingerprint density at radius 2 is 1.69 bits per heavy atom. The molecular formula is C12H22O2S2. The molecule has 0 bridgehead atoms. The zero-order valence-corrected chi connectivity index (χ0v) is 11.5. The number of hydrogen-bond donors (Lipinski definition) is 1. The summed E-state index contributed by atoms with van der Waals surface area (Å²) in [6.45, 7) is 3.76. The highest BCUT2D eigenvalue weighted by Gasteiger charge is 2.32. The van der Waals surface area contributed by atoms with Gasteiger partial charge in [-0.3, -0.25) is 0 Å². The van der Waals surface area contributed by atoms with Gasteiger partial charge in [0.1, 0.15) is 0 Å². The third kappa shape index (κ3) is 3.56. The SMILES string of the molecule is SCC1(CSC2CCOCC2)CCOCC1. The highest BCUT2D eigenvalue weighted by Crippen LogP contribution is 2.37. The molecule has 0 atom stereocenters. The number of hydrogen-bond acceptors (Lipinski definition) is 4. The number of thioether (sulfide) groups is 1. The summed E-state index contributed by atoms with van der Waals surface area (Å²) in [6, 6.07) is 0. The first kappa shape index (κ1) is 13.1. The summed E-state index contributed by atoms with van der Waals surface area (Å²) in [5, 5.41) is 0.813. The average molecular weight is 262 g/mol.